The first-order valence-corrected chi connectivity index (χ1v) is 11.3. The lowest BCUT2D eigenvalue weighted by Gasteiger charge is -2.30. The molecule has 0 bridgehead atoms. The number of carbonyl (C=O) groups is 1. The van der Waals surface area contributed by atoms with E-state index in [0.717, 1.165) is 33.5 Å². The Morgan fingerprint density at radius 1 is 1.41 bits per heavy atom. The molecule has 0 unspecified atom stereocenters. The van der Waals surface area contributed by atoms with Gasteiger partial charge in [-0.25, -0.2) is 14.4 Å². The van der Waals surface area contributed by atoms with E-state index in [4.69, 9.17) is 0 Å². The van der Waals surface area contributed by atoms with Crippen LogP contribution in [-0.4, -0.2) is 39.7 Å². The van der Waals surface area contributed by atoms with E-state index in [1.165, 1.54) is 37.0 Å². The Labute approximate surface area is 177 Å². The van der Waals surface area contributed by atoms with E-state index in [-0.39, 0.29) is 17.3 Å². The first kappa shape index (κ1) is 20.0. The van der Waals surface area contributed by atoms with Gasteiger partial charge in [0.15, 0.2) is 10.8 Å². The standard InChI is InChI=1S/C20H22FN5OS2/c1-12-5-6-15(14(21)8-12)24-16(27)10-28-19-17-18(22-11-23-19)25-20(29-17)26-7-3-4-13(2)9-26/h5-6,8,11,13H,3-4,7,9-10H2,1-2H3,(H,24,27)/t13-/m0/s1. The molecule has 0 saturated carbocycles. The maximum Gasteiger partial charge on any atom is 0.234 e. The number of aryl methyl sites for hydroxylation is 1. The van der Waals surface area contributed by atoms with Gasteiger partial charge in [-0.05, 0) is 43.4 Å². The minimum atomic E-state index is -0.435. The van der Waals surface area contributed by atoms with Gasteiger partial charge in [0.05, 0.1) is 11.4 Å². The summed E-state index contributed by atoms with van der Waals surface area (Å²) in [5.41, 5.74) is 1.65. The fourth-order valence-electron chi connectivity index (χ4n) is 3.37. The lowest BCUT2D eigenvalue weighted by molar-refractivity contribution is -0.113. The second kappa shape index (κ2) is 8.62. The highest BCUT2D eigenvalue weighted by Crippen LogP contribution is 2.35. The molecule has 29 heavy (non-hydrogen) atoms. The minimum Gasteiger partial charge on any atom is -0.348 e. The Kier molecular flexibility index (Phi) is 5.96. The first-order valence-electron chi connectivity index (χ1n) is 9.55. The molecule has 3 aromatic rings. The molecule has 3 heterocycles. The van der Waals surface area contributed by atoms with Crippen molar-refractivity contribution in [2.24, 2.45) is 5.92 Å². The van der Waals surface area contributed by atoms with Crippen LogP contribution in [0.2, 0.25) is 0 Å². The molecule has 6 nitrogen and oxygen atoms in total. The second-order valence-corrected chi connectivity index (χ2v) is 9.28. The average Bonchev–Trinajstić information content (AvgIpc) is 3.13. The van der Waals surface area contributed by atoms with Crippen LogP contribution in [0.15, 0.2) is 29.6 Å². The fourth-order valence-corrected chi connectivity index (χ4v) is 5.29. The van der Waals surface area contributed by atoms with Crippen LogP contribution < -0.4 is 10.2 Å². The van der Waals surface area contributed by atoms with Gasteiger partial charge >= 0.3 is 0 Å². The van der Waals surface area contributed by atoms with Crippen LogP contribution in [0, 0.1) is 18.7 Å². The van der Waals surface area contributed by atoms with Crippen LogP contribution in [0.5, 0.6) is 0 Å². The summed E-state index contributed by atoms with van der Waals surface area (Å²) in [4.78, 5) is 27.9. The number of anilines is 2. The van der Waals surface area contributed by atoms with E-state index in [0.29, 0.717) is 11.6 Å². The van der Waals surface area contributed by atoms with E-state index >= 15 is 0 Å². The molecule has 1 fully saturated rings. The van der Waals surface area contributed by atoms with Gasteiger partial charge in [0.1, 0.15) is 21.9 Å². The van der Waals surface area contributed by atoms with Gasteiger partial charge in [-0.1, -0.05) is 36.1 Å². The Morgan fingerprint density at radius 3 is 3.07 bits per heavy atom. The Morgan fingerprint density at radius 2 is 2.28 bits per heavy atom. The predicted octanol–water partition coefficient (Wildman–Crippen LogP) is 4.50. The number of hydrogen-bond acceptors (Lipinski definition) is 7. The second-order valence-electron chi connectivity index (χ2n) is 7.34. The van der Waals surface area contributed by atoms with Gasteiger partial charge in [0.2, 0.25) is 5.91 Å². The van der Waals surface area contributed by atoms with Crippen molar-refractivity contribution in [3.05, 3.63) is 35.9 Å². The highest BCUT2D eigenvalue weighted by Gasteiger charge is 2.21. The number of halogens is 1. The van der Waals surface area contributed by atoms with E-state index in [1.807, 2.05) is 0 Å². The highest BCUT2D eigenvalue weighted by molar-refractivity contribution is 8.00. The highest BCUT2D eigenvalue weighted by atomic mass is 32.2. The number of amides is 1. The smallest absolute Gasteiger partial charge is 0.234 e. The monoisotopic (exact) mass is 431 g/mol. The summed E-state index contributed by atoms with van der Waals surface area (Å²) in [6, 6.07) is 4.74. The maximum absolute atomic E-state index is 13.9. The van der Waals surface area contributed by atoms with Crippen LogP contribution in [0.1, 0.15) is 25.3 Å². The summed E-state index contributed by atoms with van der Waals surface area (Å²) >= 11 is 2.88. The minimum absolute atomic E-state index is 0.132. The van der Waals surface area contributed by atoms with Crippen molar-refractivity contribution in [3.8, 4) is 0 Å². The molecule has 152 valence electrons. The van der Waals surface area contributed by atoms with Gasteiger partial charge in [0.25, 0.3) is 0 Å². The largest absolute Gasteiger partial charge is 0.348 e. The summed E-state index contributed by atoms with van der Waals surface area (Å²) in [7, 11) is 0. The van der Waals surface area contributed by atoms with Crippen LogP contribution in [-0.2, 0) is 4.79 Å². The van der Waals surface area contributed by atoms with Crippen molar-refractivity contribution in [1.29, 1.82) is 0 Å². The third kappa shape index (κ3) is 4.67. The molecule has 1 aromatic carbocycles. The number of benzene rings is 1. The molecule has 1 amide bonds. The zero-order valence-corrected chi connectivity index (χ0v) is 17.9. The summed E-state index contributed by atoms with van der Waals surface area (Å²) in [5, 5.41) is 4.30. The molecule has 1 aliphatic heterocycles. The molecule has 1 aliphatic rings. The molecule has 4 rings (SSSR count). The van der Waals surface area contributed by atoms with E-state index in [1.54, 1.807) is 30.4 Å². The number of rotatable bonds is 5. The number of piperidine rings is 1. The van der Waals surface area contributed by atoms with Crippen molar-refractivity contribution in [3.63, 3.8) is 0 Å². The van der Waals surface area contributed by atoms with Crippen LogP contribution in [0.3, 0.4) is 0 Å². The molecular formula is C20H22FN5OS2. The van der Waals surface area contributed by atoms with Crippen LogP contribution in [0.4, 0.5) is 15.2 Å². The van der Waals surface area contributed by atoms with Crippen molar-refractivity contribution in [2.45, 2.75) is 31.7 Å². The number of carbonyl (C=O) groups excluding carboxylic acids is 1. The SMILES string of the molecule is Cc1ccc(NC(=O)CSc2ncnc3nc(N4CCC[C@H](C)C4)sc23)c(F)c1. The molecule has 0 aliphatic carbocycles. The number of fused-ring (bicyclic) bond motifs is 1. The zero-order valence-electron chi connectivity index (χ0n) is 16.3. The van der Waals surface area contributed by atoms with Gasteiger partial charge in [-0.2, -0.15) is 4.98 Å². The van der Waals surface area contributed by atoms with Gasteiger partial charge in [-0.3, -0.25) is 4.79 Å². The third-order valence-electron chi connectivity index (χ3n) is 4.81. The topological polar surface area (TPSA) is 71.0 Å². The molecular weight excluding hydrogens is 409 g/mol. The van der Waals surface area contributed by atoms with Gasteiger partial charge < -0.3 is 10.2 Å². The first-order chi connectivity index (χ1) is 14.0. The zero-order chi connectivity index (χ0) is 20.4. The summed E-state index contributed by atoms with van der Waals surface area (Å²) in [6.45, 7) is 6.07. The summed E-state index contributed by atoms with van der Waals surface area (Å²) in [6.07, 6.45) is 3.89. The molecule has 1 N–H and O–H groups in total. The van der Waals surface area contributed by atoms with Crippen molar-refractivity contribution < 1.29 is 9.18 Å². The maximum atomic E-state index is 13.9. The number of aromatic nitrogens is 3. The Hall–Kier alpha value is -2.26. The average molecular weight is 432 g/mol. The van der Waals surface area contributed by atoms with Gasteiger partial charge in [-0.15, -0.1) is 0 Å². The molecule has 0 spiro atoms. The lowest BCUT2D eigenvalue weighted by atomic mass is 10.0. The number of nitrogens with one attached hydrogen (secondary N) is 1. The lowest BCUT2D eigenvalue weighted by Crippen LogP contribution is -2.34. The van der Waals surface area contributed by atoms with Crippen molar-refractivity contribution in [1.82, 2.24) is 15.0 Å². The molecule has 1 saturated heterocycles. The Bertz CT molecular complexity index is 1040. The number of hydrogen-bond donors (Lipinski definition) is 1. The third-order valence-corrected chi connectivity index (χ3v) is 7.04. The molecule has 0 radical (unpaired) electrons. The van der Waals surface area contributed by atoms with E-state index in [2.05, 4.69) is 32.1 Å². The quantitative estimate of drug-likeness (QED) is 0.474. The Balaban J connectivity index is 1.45. The number of thiazole rings is 1. The number of nitrogens with zero attached hydrogens (tertiary/aromatic N) is 4. The van der Waals surface area contributed by atoms with Crippen molar-refractivity contribution >= 4 is 50.2 Å². The van der Waals surface area contributed by atoms with Crippen molar-refractivity contribution in [2.75, 3.05) is 29.1 Å². The normalized spacial score (nSPS) is 16.9. The van der Waals surface area contributed by atoms with E-state index < -0.39 is 5.82 Å². The molecule has 2 aromatic heterocycles. The molecule has 1 atom stereocenters. The van der Waals surface area contributed by atoms with Crippen LogP contribution in [0.25, 0.3) is 10.3 Å². The fraction of sp³-hybridized carbons (Fsp3) is 0.400. The predicted molar refractivity (Wildman–Crippen MR) is 116 cm³/mol. The number of thioether (sulfide) groups is 1. The van der Waals surface area contributed by atoms with Crippen LogP contribution >= 0.6 is 23.1 Å². The van der Waals surface area contributed by atoms with E-state index in [9.17, 15) is 9.18 Å². The summed E-state index contributed by atoms with van der Waals surface area (Å²) < 4.78 is 14.8. The molecule has 9 heteroatoms. The summed E-state index contributed by atoms with van der Waals surface area (Å²) in [5.74, 6) is 0.0734. The van der Waals surface area contributed by atoms with Gasteiger partial charge in [0, 0.05) is 13.1 Å².